The Morgan fingerprint density at radius 3 is 2.56 bits per heavy atom. The van der Waals surface area contributed by atoms with Crippen molar-refractivity contribution >= 4 is 36.3 Å². The quantitative estimate of drug-likeness (QED) is 0.164. The molecule has 1 aromatic carbocycles. The summed E-state index contributed by atoms with van der Waals surface area (Å²) < 4.78 is 19.9. The van der Waals surface area contributed by atoms with Crippen LogP contribution in [-0.4, -0.2) is 51.7 Å². The lowest BCUT2D eigenvalue weighted by Crippen LogP contribution is -2.47. The Morgan fingerprint density at radius 1 is 1.13 bits per heavy atom. The van der Waals surface area contributed by atoms with Crippen molar-refractivity contribution in [2.75, 3.05) is 5.75 Å². The molecule has 0 saturated heterocycles. The van der Waals surface area contributed by atoms with Gasteiger partial charge in [-0.3, -0.25) is 14.4 Å². The zero-order valence-corrected chi connectivity index (χ0v) is 22.0. The van der Waals surface area contributed by atoms with Gasteiger partial charge < -0.3 is 25.8 Å². The molecule has 1 aromatic heterocycles. The number of carbonyl (C=O) groups is 4. The molecule has 0 fully saturated rings. The number of amides is 3. The number of carbonyl (C=O) groups excluding carboxylic acids is 4. The zero-order chi connectivity index (χ0) is 28.4. The Kier molecular flexibility index (Phi) is 10.6. The zero-order valence-electron chi connectivity index (χ0n) is 21.1. The van der Waals surface area contributed by atoms with Crippen LogP contribution in [0.15, 0.2) is 60.3 Å². The van der Waals surface area contributed by atoms with Gasteiger partial charge in [0.2, 0.25) is 5.91 Å². The average Bonchev–Trinajstić information content (AvgIpc) is 2.91. The van der Waals surface area contributed by atoms with Crippen molar-refractivity contribution in [2.24, 2.45) is 0 Å². The molecule has 0 spiro atoms. The summed E-state index contributed by atoms with van der Waals surface area (Å²) in [5.74, 6) is -3.11. The third-order valence-electron chi connectivity index (χ3n) is 5.65. The molecule has 1 aliphatic heterocycles. The normalized spacial score (nSPS) is 20.3. The standard InChI is InChI=1S/C27H29FN4O6S/c1-2-20-25(35)32-22(13-16-6-8-17(33)9-7-16)27(37)38-18(5-3-4-12-39)14-24(34)29-15-23-19(28)10-11-21(30-23)26(36)31-20/h2-3,5-11,18,22,33,39H,4,12-15H2,1H3,(H,29,34)(H,31,36)(H,32,35)/b5-3+,20-2-/t18-,22+/m1/s1. The predicted molar refractivity (Wildman–Crippen MR) is 143 cm³/mol. The van der Waals surface area contributed by atoms with Crippen LogP contribution in [0, 0.1) is 5.82 Å². The van der Waals surface area contributed by atoms with Gasteiger partial charge in [0.1, 0.15) is 35.1 Å². The number of ether oxygens (including phenoxy) is 1. The number of allylic oxidation sites excluding steroid dienone is 2. The van der Waals surface area contributed by atoms with E-state index in [0.717, 1.165) is 12.1 Å². The van der Waals surface area contributed by atoms with Gasteiger partial charge in [0.15, 0.2) is 0 Å². The second-order valence-electron chi connectivity index (χ2n) is 8.57. The summed E-state index contributed by atoms with van der Waals surface area (Å²) in [4.78, 5) is 55.8. The van der Waals surface area contributed by atoms with E-state index in [1.54, 1.807) is 24.3 Å². The molecule has 4 N–H and O–H groups in total. The number of cyclic esters (lactones) is 1. The van der Waals surface area contributed by atoms with E-state index in [1.807, 2.05) is 0 Å². The van der Waals surface area contributed by atoms with Gasteiger partial charge in [0.05, 0.1) is 18.7 Å². The first kappa shape index (κ1) is 29.4. The highest BCUT2D eigenvalue weighted by atomic mass is 32.1. The number of phenols is 1. The monoisotopic (exact) mass is 556 g/mol. The number of aromatic hydroxyl groups is 1. The van der Waals surface area contributed by atoms with Crippen LogP contribution >= 0.6 is 12.6 Å². The molecule has 12 heteroatoms. The fraction of sp³-hybridized carbons (Fsp3) is 0.296. The first-order valence-electron chi connectivity index (χ1n) is 12.2. The van der Waals surface area contributed by atoms with Crippen LogP contribution < -0.4 is 16.0 Å². The number of pyridine rings is 1. The van der Waals surface area contributed by atoms with Crippen molar-refractivity contribution in [3.8, 4) is 5.75 Å². The van der Waals surface area contributed by atoms with Gasteiger partial charge in [-0.15, -0.1) is 0 Å². The third-order valence-corrected chi connectivity index (χ3v) is 5.91. The predicted octanol–water partition coefficient (Wildman–Crippen LogP) is 2.10. The lowest BCUT2D eigenvalue weighted by Gasteiger charge is -2.22. The van der Waals surface area contributed by atoms with E-state index in [2.05, 4.69) is 33.6 Å². The van der Waals surface area contributed by atoms with Crippen LogP contribution in [0.5, 0.6) is 5.75 Å². The number of nitrogens with one attached hydrogen (secondary N) is 3. The maximum atomic E-state index is 14.3. The first-order valence-corrected chi connectivity index (χ1v) is 12.8. The molecule has 2 heterocycles. The van der Waals surface area contributed by atoms with Crippen molar-refractivity contribution < 1.29 is 33.4 Å². The summed E-state index contributed by atoms with van der Waals surface area (Å²) in [6.45, 7) is 1.20. The highest BCUT2D eigenvalue weighted by Gasteiger charge is 2.28. The molecule has 39 heavy (non-hydrogen) atoms. The van der Waals surface area contributed by atoms with Gasteiger partial charge in [0, 0.05) is 6.42 Å². The summed E-state index contributed by atoms with van der Waals surface area (Å²) in [7, 11) is 0. The number of fused-ring (bicyclic) bond motifs is 2. The molecule has 0 radical (unpaired) electrons. The fourth-order valence-corrected chi connectivity index (χ4v) is 3.77. The lowest BCUT2D eigenvalue weighted by molar-refractivity contribution is -0.151. The van der Waals surface area contributed by atoms with Crippen LogP contribution in [0.1, 0.15) is 41.5 Å². The highest BCUT2D eigenvalue weighted by Crippen LogP contribution is 2.14. The lowest BCUT2D eigenvalue weighted by atomic mass is 10.1. The minimum atomic E-state index is -1.21. The van der Waals surface area contributed by atoms with Crippen LogP contribution in [0.3, 0.4) is 0 Å². The molecule has 1 aliphatic rings. The summed E-state index contributed by atoms with van der Waals surface area (Å²) in [5.41, 5.74) is 0.0930. The summed E-state index contributed by atoms with van der Waals surface area (Å²) in [6.07, 6.45) is 3.88. The second kappa shape index (κ2) is 14.1. The molecule has 3 rings (SSSR count). The number of esters is 1. The van der Waals surface area contributed by atoms with Crippen LogP contribution in [0.4, 0.5) is 4.39 Å². The van der Waals surface area contributed by atoms with Crippen LogP contribution in [-0.2, 0) is 32.1 Å². The molecule has 10 nitrogen and oxygen atoms in total. The maximum absolute atomic E-state index is 14.3. The Labute approximate surface area is 230 Å². The fourth-order valence-electron chi connectivity index (χ4n) is 3.62. The van der Waals surface area contributed by atoms with Gasteiger partial charge in [-0.2, -0.15) is 12.6 Å². The van der Waals surface area contributed by atoms with Crippen molar-refractivity contribution in [3.63, 3.8) is 0 Å². The minimum absolute atomic E-state index is 0.00204. The van der Waals surface area contributed by atoms with E-state index in [-0.39, 0.29) is 42.2 Å². The van der Waals surface area contributed by atoms with Crippen molar-refractivity contribution in [1.29, 1.82) is 0 Å². The number of thiol groups is 1. The van der Waals surface area contributed by atoms with Gasteiger partial charge >= 0.3 is 5.97 Å². The van der Waals surface area contributed by atoms with Gasteiger partial charge in [-0.05, 0) is 55.0 Å². The number of hydrogen-bond acceptors (Lipinski definition) is 8. The number of nitrogens with zero attached hydrogens (tertiary/aromatic N) is 1. The topological polar surface area (TPSA) is 147 Å². The average molecular weight is 557 g/mol. The molecule has 0 saturated carbocycles. The molecular formula is C27H29FN4O6S. The van der Waals surface area contributed by atoms with E-state index in [4.69, 9.17) is 4.74 Å². The number of hydrogen-bond donors (Lipinski definition) is 5. The Balaban J connectivity index is 1.97. The number of benzene rings is 1. The van der Waals surface area contributed by atoms with E-state index >= 15 is 0 Å². The van der Waals surface area contributed by atoms with E-state index in [9.17, 15) is 28.7 Å². The number of aromatic nitrogens is 1. The Bertz CT molecular complexity index is 1280. The van der Waals surface area contributed by atoms with E-state index < -0.39 is 41.7 Å². The van der Waals surface area contributed by atoms with Crippen molar-refractivity contribution in [2.45, 2.75) is 44.9 Å². The summed E-state index contributed by atoms with van der Waals surface area (Å²) in [6, 6.07) is 7.03. The summed E-state index contributed by atoms with van der Waals surface area (Å²) in [5, 5.41) is 17.1. The van der Waals surface area contributed by atoms with Gasteiger partial charge in [-0.25, -0.2) is 14.2 Å². The largest absolute Gasteiger partial charge is 0.508 e. The van der Waals surface area contributed by atoms with E-state index in [0.29, 0.717) is 17.7 Å². The molecule has 2 aromatic rings. The molecular weight excluding hydrogens is 527 g/mol. The molecule has 3 amide bonds. The van der Waals surface area contributed by atoms with Gasteiger partial charge in [-0.1, -0.05) is 24.3 Å². The summed E-state index contributed by atoms with van der Waals surface area (Å²) >= 11 is 4.15. The molecule has 2 bridgehead atoms. The van der Waals surface area contributed by atoms with Gasteiger partial charge in [0.25, 0.3) is 11.8 Å². The van der Waals surface area contributed by atoms with E-state index in [1.165, 1.54) is 25.1 Å². The number of halogens is 1. The third kappa shape index (κ3) is 8.67. The van der Waals surface area contributed by atoms with Crippen molar-refractivity contribution in [3.05, 3.63) is 83.1 Å². The highest BCUT2D eigenvalue weighted by molar-refractivity contribution is 7.80. The minimum Gasteiger partial charge on any atom is -0.508 e. The number of rotatable bonds is 5. The first-order chi connectivity index (χ1) is 18.7. The maximum Gasteiger partial charge on any atom is 0.329 e. The second-order valence-corrected chi connectivity index (χ2v) is 9.02. The molecule has 0 unspecified atom stereocenters. The molecule has 0 aliphatic carbocycles. The Morgan fingerprint density at radius 2 is 1.87 bits per heavy atom. The van der Waals surface area contributed by atoms with Crippen molar-refractivity contribution in [1.82, 2.24) is 20.9 Å². The number of phenolic OH excluding ortho intramolecular Hbond substituents is 1. The molecule has 2 atom stereocenters. The molecule has 206 valence electrons. The smallest absolute Gasteiger partial charge is 0.329 e. The van der Waals surface area contributed by atoms with Crippen LogP contribution in [0.2, 0.25) is 0 Å². The SMILES string of the molecule is C/C=C1\NC(=O)c2ccc(F)c(n2)CNC(=O)C[C@@H](/C=C/CCS)OC(=O)[C@H](Cc2ccc(O)cc2)NC1=O. The van der Waals surface area contributed by atoms with Crippen LogP contribution in [0.25, 0.3) is 0 Å². The Hall–Kier alpha value is -4.19.